The number of ether oxygens (including phenoxy) is 1. The summed E-state index contributed by atoms with van der Waals surface area (Å²) in [6, 6.07) is 9.95. The van der Waals surface area contributed by atoms with E-state index in [2.05, 4.69) is 15.2 Å². The van der Waals surface area contributed by atoms with Crippen LogP contribution in [0.15, 0.2) is 35.8 Å². The van der Waals surface area contributed by atoms with Gasteiger partial charge in [0.25, 0.3) is 0 Å². The van der Waals surface area contributed by atoms with Crippen LogP contribution in [-0.4, -0.2) is 41.2 Å². The number of nitrogens with zero attached hydrogens (tertiary/aromatic N) is 2. The highest BCUT2D eigenvalue weighted by Gasteiger charge is 2.44. The van der Waals surface area contributed by atoms with E-state index in [1.54, 1.807) is 5.51 Å². The average Bonchev–Trinajstić information content (AvgIpc) is 3.12. The van der Waals surface area contributed by atoms with Gasteiger partial charge >= 0.3 is 6.09 Å². The predicted molar refractivity (Wildman–Crippen MR) is 97.9 cm³/mol. The summed E-state index contributed by atoms with van der Waals surface area (Å²) >= 11 is 1.51. The molecule has 0 saturated carbocycles. The van der Waals surface area contributed by atoms with Crippen LogP contribution in [0.1, 0.15) is 19.3 Å². The van der Waals surface area contributed by atoms with Gasteiger partial charge in [0.1, 0.15) is 5.60 Å². The molecule has 2 fully saturated rings. The lowest BCUT2D eigenvalue weighted by Crippen LogP contribution is -2.43. The molecule has 2 atom stereocenters. The molecule has 2 unspecified atom stereocenters. The Hall–Kier alpha value is -1.63. The van der Waals surface area contributed by atoms with Gasteiger partial charge in [-0.1, -0.05) is 30.3 Å². The zero-order valence-electron chi connectivity index (χ0n) is 13.2. The van der Waals surface area contributed by atoms with Crippen molar-refractivity contribution in [2.24, 2.45) is 0 Å². The third-order valence-corrected chi connectivity index (χ3v) is 5.51. The van der Waals surface area contributed by atoms with E-state index in [1.807, 2.05) is 30.3 Å². The van der Waals surface area contributed by atoms with Crippen molar-refractivity contribution in [3.63, 3.8) is 0 Å². The highest BCUT2D eigenvalue weighted by atomic mass is 35.5. The first-order valence-corrected chi connectivity index (χ1v) is 8.83. The normalized spacial score (nSPS) is 24.9. The van der Waals surface area contributed by atoms with E-state index in [0.29, 0.717) is 5.82 Å². The number of carbonyl (C=O) groups is 1. The van der Waals surface area contributed by atoms with Gasteiger partial charge in [0.05, 0.1) is 10.4 Å². The minimum atomic E-state index is -0.392. The number of halogens is 1. The Morgan fingerprint density at radius 1 is 1.25 bits per heavy atom. The number of fused-ring (bicyclic) bond motifs is 2. The topological polar surface area (TPSA) is 54.5 Å². The molecule has 1 aromatic heterocycles. The summed E-state index contributed by atoms with van der Waals surface area (Å²) in [4.78, 5) is 20.0. The van der Waals surface area contributed by atoms with Gasteiger partial charge in [0.15, 0.2) is 5.82 Å². The third kappa shape index (κ3) is 3.41. The SMILES string of the molecule is Cl.O=C(Nc1ncsc1-c1ccccc1)OC12CCCN(CC1)C2. The number of carbonyl (C=O) groups excluding carboxylic acids is 1. The fraction of sp³-hybridized carbons (Fsp3) is 0.412. The van der Waals surface area contributed by atoms with Crippen LogP contribution in [0.25, 0.3) is 10.4 Å². The number of hydrogen-bond acceptors (Lipinski definition) is 5. The summed E-state index contributed by atoms with van der Waals surface area (Å²) < 4.78 is 5.81. The highest BCUT2D eigenvalue weighted by Crippen LogP contribution is 2.36. The van der Waals surface area contributed by atoms with Crippen LogP contribution in [0.4, 0.5) is 10.6 Å². The first-order chi connectivity index (χ1) is 11.2. The molecule has 2 bridgehead atoms. The van der Waals surface area contributed by atoms with Gasteiger partial charge in [0, 0.05) is 19.5 Å². The molecule has 24 heavy (non-hydrogen) atoms. The van der Waals surface area contributed by atoms with Crippen molar-refractivity contribution in [3.8, 4) is 10.4 Å². The standard InChI is InChI=1S/C17H19N3O2S.ClH/c21-16(22-17-7-4-9-20(11-17)10-8-17)19-15-14(23-12-18-15)13-5-2-1-3-6-13;/h1-3,5-6,12H,4,7-11H2,(H,19,21);1H. The summed E-state index contributed by atoms with van der Waals surface area (Å²) in [5.41, 5.74) is 2.49. The second-order valence-electron chi connectivity index (χ2n) is 6.22. The molecule has 0 radical (unpaired) electrons. The quantitative estimate of drug-likeness (QED) is 0.892. The summed E-state index contributed by atoms with van der Waals surface area (Å²) in [5.74, 6) is 0.577. The first-order valence-electron chi connectivity index (χ1n) is 7.95. The van der Waals surface area contributed by atoms with Gasteiger partial charge in [-0.15, -0.1) is 23.7 Å². The fourth-order valence-corrected chi connectivity index (χ4v) is 4.28. The van der Waals surface area contributed by atoms with Gasteiger partial charge < -0.3 is 4.74 Å². The van der Waals surface area contributed by atoms with Crippen LogP contribution in [0, 0.1) is 0 Å². The maximum Gasteiger partial charge on any atom is 0.413 e. The van der Waals surface area contributed by atoms with Gasteiger partial charge in [-0.25, -0.2) is 9.78 Å². The fourth-order valence-electron chi connectivity index (χ4n) is 3.53. The second-order valence-corrected chi connectivity index (χ2v) is 7.08. The number of hydrogen-bond donors (Lipinski definition) is 1. The van der Waals surface area contributed by atoms with E-state index in [1.165, 1.54) is 11.3 Å². The predicted octanol–water partition coefficient (Wildman–Crippen LogP) is 4.02. The number of anilines is 1. The van der Waals surface area contributed by atoms with Crippen LogP contribution < -0.4 is 5.32 Å². The minimum absolute atomic E-state index is 0. The van der Waals surface area contributed by atoms with Crippen molar-refractivity contribution in [2.45, 2.75) is 24.9 Å². The molecule has 4 rings (SSSR count). The summed E-state index contributed by atoms with van der Waals surface area (Å²) in [6.45, 7) is 3.01. The van der Waals surface area contributed by atoms with E-state index in [9.17, 15) is 4.79 Å². The number of nitrogens with one attached hydrogen (secondary N) is 1. The molecule has 0 spiro atoms. The van der Waals surface area contributed by atoms with E-state index in [4.69, 9.17) is 4.74 Å². The monoisotopic (exact) mass is 365 g/mol. The number of piperidine rings is 1. The molecule has 3 heterocycles. The molecule has 2 aliphatic heterocycles. The van der Waals surface area contributed by atoms with E-state index >= 15 is 0 Å². The van der Waals surface area contributed by atoms with Crippen LogP contribution in [0.2, 0.25) is 0 Å². The van der Waals surface area contributed by atoms with Crippen LogP contribution >= 0.6 is 23.7 Å². The van der Waals surface area contributed by atoms with Crippen molar-refractivity contribution in [3.05, 3.63) is 35.8 Å². The Labute approximate surface area is 151 Å². The number of amides is 1. The number of thiazole rings is 1. The molecule has 1 aromatic carbocycles. The number of rotatable bonds is 3. The van der Waals surface area contributed by atoms with Gasteiger partial charge in [-0.05, 0) is 24.9 Å². The first kappa shape index (κ1) is 17.2. The smallest absolute Gasteiger partial charge is 0.413 e. The lowest BCUT2D eigenvalue weighted by Gasteiger charge is -2.33. The molecule has 7 heteroatoms. The lowest BCUT2D eigenvalue weighted by molar-refractivity contribution is 0.00451. The summed E-state index contributed by atoms with van der Waals surface area (Å²) in [7, 11) is 0. The largest absolute Gasteiger partial charge is 0.441 e. The molecule has 2 aromatic rings. The Bertz CT molecular complexity index is 705. The van der Waals surface area contributed by atoms with Gasteiger partial charge in [-0.3, -0.25) is 10.2 Å². The second kappa shape index (κ2) is 7.09. The van der Waals surface area contributed by atoms with Crippen LogP contribution in [0.5, 0.6) is 0 Å². The van der Waals surface area contributed by atoms with Crippen molar-refractivity contribution in [1.29, 1.82) is 0 Å². The average molecular weight is 366 g/mol. The zero-order valence-corrected chi connectivity index (χ0v) is 14.9. The Morgan fingerprint density at radius 3 is 2.92 bits per heavy atom. The van der Waals surface area contributed by atoms with Crippen molar-refractivity contribution in [2.75, 3.05) is 25.0 Å². The zero-order chi connectivity index (χ0) is 15.7. The molecule has 2 aliphatic rings. The molecule has 1 amide bonds. The highest BCUT2D eigenvalue weighted by molar-refractivity contribution is 7.13. The van der Waals surface area contributed by atoms with Crippen LogP contribution in [0.3, 0.4) is 0 Å². The number of aromatic nitrogens is 1. The molecule has 0 aliphatic carbocycles. The Kier molecular flexibility index (Phi) is 5.08. The van der Waals surface area contributed by atoms with Crippen molar-refractivity contribution < 1.29 is 9.53 Å². The molecule has 128 valence electrons. The summed E-state index contributed by atoms with van der Waals surface area (Å²) in [5, 5.41) is 2.83. The van der Waals surface area contributed by atoms with Crippen molar-refractivity contribution >= 4 is 35.7 Å². The van der Waals surface area contributed by atoms with E-state index < -0.39 is 6.09 Å². The number of benzene rings is 1. The van der Waals surface area contributed by atoms with Gasteiger partial charge in [-0.2, -0.15) is 0 Å². The molecule has 2 saturated heterocycles. The van der Waals surface area contributed by atoms with E-state index in [0.717, 1.165) is 49.3 Å². The lowest BCUT2D eigenvalue weighted by atomic mass is 9.95. The summed E-state index contributed by atoms with van der Waals surface area (Å²) in [6.07, 6.45) is 2.60. The minimum Gasteiger partial charge on any atom is -0.441 e. The Balaban J connectivity index is 0.00000169. The molecule has 1 N–H and O–H groups in total. The van der Waals surface area contributed by atoms with E-state index in [-0.39, 0.29) is 18.0 Å². The molecular weight excluding hydrogens is 346 g/mol. The van der Waals surface area contributed by atoms with Crippen molar-refractivity contribution in [1.82, 2.24) is 9.88 Å². The Morgan fingerprint density at radius 2 is 2.08 bits per heavy atom. The van der Waals surface area contributed by atoms with Crippen LogP contribution in [-0.2, 0) is 4.74 Å². The maximum atomic E-state index is 12.4. The third-order valence-electron chi connectivity index (χ3n) is 4.64. The molecular formula is C17H20ClN3O2S. The molecule has 5 nitrogen and oxygen atoms in total. The van der Waals surface area contributed by atoms with Gasteiger partial charge in [0.2, 0.25) is 0 Å². The maximum absolute atomic E-state index is 12.4.